The average molecular weight is 368 g/mol. The minimum absolute atomic E-state index is 0.166. The Hall–Kier alpha value is -0.870. The number of hydrogen-bond acceptors (Lipinski definition) is 2. The monoisotopic (exact) mass is 366 g/mol. The molecule has 112 valence electrons. The highest BCUT2D eigenvalue weighted by atomic mass is 79.9. The topological polar surface area (TPSA) is 29.3 Å². The number of halogens is 2. The van der Waals surface area contributed by atoms with Crippen LogP contribution < -0.4 is 5.73 Å². The summed E-state index contributed by atoms with van der Waals surface area (Å²) in [6.45, 7) is 3.46. The minimum Gasteiger partial charge on any atom is -0.329 e. The lowest BCUT2D eigenvalue weighted by molar-refractivity contribution is 0.241. The molecule has 1 atom stereocenters. The Labute approximate surface area is 140 Å². The van der Waals surface area contributed by atoms with Gasteiger partial charge in [-0.15, -0.1) is 0 Å². The summed E-state index contributed by atoms with van der Waals surface area (Å²) < 4.78 is 1.11. The zero-order chi connectivity index (χ0) is 15.4. The molecule has 21 heavy (non-hydrogen) atoms. The van der Waals surface area contributed by atoms with Crippen LogP contribution in [0.15, 0.2) is 46.9 Å². The Morgan fingerprint density at radius 2 is 2.00 bits per heavy atom. The van der Waals surface area contributed by atoms with Crippen LogP contribution >= 0.6 is 27.5 Å². The maximum Gasteiger partial charge on any atom is 0.0482 e. The Morgan fingerprint density at radius 1 is 1.24 bits per heavy atom. The standard InChI is InChI=1S/C17H20BrClN2/c1-12-6-7-15(16(18)8-12)17(10-20)21(2)11-13-4-3-5-14(19)9-13/h3-9,17H,10-11,20H2,1-2H3. The molecule has 2 N–H and O–H groups in total. The van der Waals surface area contributed by atoms with E-state index in [1.165, 1.54) is 16.7 Å². The number of nitrogens with two attached hydrogens (primary N) is 1. The van der Waals surface area contributed by atoms with Crippen LogP contribution in [0, 0.1) is 6.92 Å². The summed E-state index contributed by atoms with van der Waals surface area (Å²) in [7, 11) is 2.09. The molecule has 2 aromatic rings. The summed E-state index contributed by atoms with van der Waals surface area (Å²) in [5.74, 6) is 0. The second kappa shape index (κ2) is 7.41. The Bertz CT molecular complexity index is 615. The second-order valence-corrected chi connectivity index (χ2v) is 6.61. The summed E-state index contributed by atoms with van der Waals surface area (Å²) in [5.41, 5.74) is 9.64. The quantitative estimate of drug-likeness (QED) is 0.840. The SMILES string of the molecule is Cc1ccc(C(CN)N(C)Cc2cccc(Cl)c2)c(Br)c1. The average Bonchev–Trinajstić information content (AvgIpc) is 2.42. The lowest BCUT2D eigenvalue weighted by Gasteiger charge is -2.28. The van der Waals surface area contributed by atoms with E-state index >= 15 is 0 Å². The van der Waals surface area contributed by atoms with Crippen LogP contribution in [0.1, 0.15) is 22.7 Å². The fourth-order valence-corrected chi connectivity index (χ4v) is 3.45. The van der Waals surface area contributed by atoms with Gasteiger partial charge >= 0.3 is 0 Å². The van der Waals surface area contributed by atoms with Gasteiger partial charge in [-0.25, -0.2) is 0 Å². The van der Waals surface area contributed by atoms with Crippen molar-refractivity contribution in [2.45, 2.75) is 19.5 Å². The van der Waals surface area contributed by atoms with Gasteiger partial charge < -0.3 is 5.73 Å². The van der Waals surface area contributed by atoms with E-state index in [9.17, 15) is 0 Å². The lowest BCUT2D eigenvalue weighted by atomic mass is 10.0. The summed E-state index contributed by atoms with van der Waals surface area (Å²) in [5, 5.41) is 0.765. The molecular weight excluding hydrogens is 348 g/mol. The van der Waals surface area contributed by atoms with Crippen LogP contribution in [-0.4, -0.2) is 18.5 Å². The van der Waals surface area contributed by atoms with Crippen LogP contribution in [0.3, 0.4) is 0 Å². The van der Waals surface area contributed by atoms with E-state index in [1.807, 2.05) is 18.2 Å². The third-order valence-corrected chi connectivity index (χ3v) is 4.51. The highest BCUT2D eigenvalue weighted by Gasteiger charge is 2.18. The van der Waals surface area contributed by atoms with E-state index < -0.39 is 0 Å². The number of nitrogens with zero attached hydrogens (tertiary/aromatic N) is 1. The van der Waals surface area contributed by atoms with Crippen molar-refractivity contribution in [2.75, 3.05) is 13.6 Å². The maximum absolute atomic E-state index is 6.05. The van der Waals surface area contributed by atoms with Crippen LogP contribution in [-0.2, 0) is 6.54 Å². The summed E-state index contributed by atoms with van der Waals surface area (Å²) in [6, 6.07) is 14.5. The molecule has 0 saturated carbocycles. The first-order valence-electron chi connectivity index (χ1n) is 6.92. The molecule has 0 saturated heterocycles. The molecule has 0 aliphatic heterocycles. The largest absolute Gasteiger partial charge is 0.329 e. The van der Waals surface area contributed by atoms with E-state index in [0.29, 0.717) is 6.54 Å². The molecule has 4 heteroatoms. The van der Waals surface area contributed by atoms with Gasteiger partial charge in [-0.1, -0.05) is 51.8 Å². The molecule has 0 spiro atoms. The van der Waals surface area contributed by atoms with Gasteiger partial charge in [-0.05, 0) is 48.9 Å². The Kier molecular flexibility index (Phi) is 5.82. The predicted molar refractivity (Wildman–Crippen MR) is 93.6 cm³/mol. The molecule has 0 aliphatic carbocycles. The van der Waals surface area contributed by atoms with E-state index in [-0.39, 0.29) is 6.04 Å². The molecule has 0 radical (unpaired) electrons. The zero-order valence-corrected chi connectivity index (χ0v) is 14.7. The molecule has 0 aromatic heterocycles. The van der Waals surface area contributed by atoms with E-state index in [0.717, 1.165) is 16.0 Å². The van der Waals surface area contributed by atoms with Crippen LogP contribution in [0.4, 0.5) is 0 Å². The normalized spacial score (nSPS) is 12.7. The second-order valence-electron chi connectivity index (χ2n) is 5.32. The molecule has 2 nitrogen and oxygen atoms in total. The van der Waals surface area contributed by atoms with Gasteiger partial charge in [0, 0.05) is 28.6 Å². The van der Waals surface area contributed by atoms with Crippen molar-refractivity contribution in [1.82, 2.24) is 4.90 Å². The van der Waals surface area contributed by atoms with Crippen molar-refractivity contribution < 1.29 is 0 Å². The third-order valence-electron chi connectivity index (χ3n) is 3.59. The highest BCUT2D eigenvalue weighted by molar-refractivity contribution is 9.10. The Balaban J connectivity index is 2.20. The number of likely N-dealkylation sites (N-methyl/N-ethyl adjacent to an activating group) is 1. The van der Waals surface area contributed by atoms with Gasteiger partial charge in [0.1, 0.15) is 0 Å². The first-order valence-corrected chi connectivity index (χ1v) is 8.09. The third kappa shape index (κ3) is 4.30. The number of rotatable bonds is 5. The molecule has 0 fully saturated rings. The zero-order valence-electron chi connectivity index (χ0n) is 12.3. The summed E-state index contributed by atoms with van der Waals surface area (Å²) in [4.78, 5) is 2.25. The van der Waals surface area contributed by atoms with E-state index in [4.69, 9.17) is 17.3 Å². The van der Waals surface area contributed by atoms with Crippen LogP contribution in [0.25, 0.3) is 0 Å². The molecule has 1 unspecified atom stereocenters. The molecular formula is C17H20BrClN2. The molecule has 2 aromatic carbocycles. The van der Waals surface area contributed by atoms with Gasteiger partial charge in [0.25, 0.3) is 0 Å². The number of aryl methyl sites for hydroxylation is 1. The van der Waals surface area contributed by atoms with E-state index in [1.54, 1.807) is 0 Å². The van der Waals surface area contributed by atoms with Gasteiger partial charge in [0.2, 0.25) is 0 Å². The number of benzene rings is 2. The summed E-state index contributed by atoms with van der Waals surface area (Å²) >= 11 is 9.70. The van der Waals surface area contributed by atoms with Crippen LogP contribution in [0.2, 0.25) is 5.02 Å². The van der Waals surface area contributed by atoms with Crippen molar-refractivity contribution in [3.05, 3.63) is 68.7 Å². The minimum atomic E-state index is 0.166. The lowest BCUT2D eigenvalue weighted by Crippen LogP contribution is -2.30. The van der Waals surface area contributed by atoms with Gasteiger partial charge in [0.15, 0.2) is 0 Å². The van der Waals surface area contributed by atoms with Gasteiger partial charge in [0.05, 0.1) is 0 Å². The van der Waals surface area contributed by atoms with Crippen molar-refractivity contribution in [2.24, 2.45) is 5.73 Å². The van der Waals surface area contributed by atoms with Crippen LogP contribution in [0.5, 0.6) is 0 Å². The fourth-order valence-electron chi connectivity index (χ4n) is 2.48. The first-order chi connectivity index (χ1) is 10.0. The predicted octanol–water partition coefficient (Wildman–Crippen LogP) is 4.54. The first kappa shape index (κ1) is 16.5. The van der Waals surface area contributed by atoms with E-state index in [2.05, 4.69) is 59.1 Å². The molecule has 0 amide bonds. The molecule has 0 aliphatic rings. The van der Waals surface area contributed by atoms with Crippen molar-refractivity contribution >= 4 is 27.5 Å². The fraction of sp³-hybridized carbons (Fsp3) is 0.294. The van der Waals surface area contributed by atoms with Gasteiger partial charge in [-0.2, -0.15) is 0 Å². The maximum atomic E-state index is 6.05. The molecule has 0 heterocycles. The van der Waals surface area contributed by atoms with Crippen molar-refractivity contribution in [3.8, 4) is 0 Å². The summed E-state index contributed by atoms with van der Waals surface area (Å²) in [6.07, 6.45) is 0. The van der Waals surface area contributed by atoms with Crippen molar-refractivity contribution in [3.63, 3.8) is 0 Å². The molecule has 2 rings (SSSR count). The highest BCUT2D eigenvalue weighted by Crippen LogP contribution is 2.28. The van der Waals surface area contributed by atoms with Crippen molar-refractivity contribution in [1.29, 1.82) is 0 Å². The smallest absolute Gasteiger partial charge is 0.0482 e. The molecule has 0 bridgehead atoms. The Morgan fingerprint density at radius 3 is 2.62 bits per heavy atom. The number of hydrogen-bond donors (Lipinski definition) is 1. The van der Waals surface area contributed by atoms with Gasteiger partial charge in [-0.3, -0.25) is 4.90 Å².